The van der Waals surface area contributed by atoms with Crippen LogP contribution in [0.3, 0.4) is 0 Å². The Balaban J connectivity index is 2.53. The van der Waals surface area contributed by atoms with Gasteiger partial charge in [0, 0.05) is 6.08 Å². The third kappa shape index (κ3) is 2.77. The topological polar surface area (TPSA) is 116 Å². The van der Waals surface area contributed by atoms with E-state index in [1.165, 1.54) is 0 Å². The Morgan fingerprint density at radius 2 is 1.88 bits per heavy atom. The van der Waals surface area contributed by atoms with Gasteiger partial charge in [0.25, 0.3) is 0 Å². The van der Waals surface area contributed by atoms with Crippen molar-refractivity contribution in [1.82, 2.24) is 0 Å². The van der Waals surface area contributed by atoms with Crippen LogP contribution < -0.4 is 0 Å². The summed E-state index contributed by atoms with van der Waals surface area (Å²) in [6.45, 7) is 2.81. The molecule has 1 fully saturated rings. The molecule has 0 aromatic rings. The number of hydrogen-bond acceptors (Lipinski definition) is 7. The van der Waals surface area contributed by atoms with Crippen LogP contribution in [0.2, 0.25) is 0 Å². The fourth-order valence-electron chi connectivity index (χ4n) is 1.29. The second kappa shape index (κ2) is 5.37. The lowest BCUT2D eigenvalue weighted by Crippen LogP contribution is -2.58. The maximum absolute atomic E-state index is 10.7. The number of ether oxygens (including phenoxy) is 2. The van der Waals surface area contributed by atoms with E-state index in [0.29, 0.717) is 0 Å². The first-order valence-corrected chi connectivity index (χ1v) is 4.64. The molecule has 1 rings (SSSR count). The van der Waals surface area contributed by atoms with Crippen LogP contribution in [-0.4, -0.2) is 63.7 Å². The minimum absolute atomic E-state index is 0.354. The van der Waals surface area contributed by atoms with Crippen LogP contribution in [0.4, 0.5) is 0 Å². The van der Waals surface area contributed by atoms with Crippen LogP contribution in [0.15, 0.2) is 12.7 Å². The molecule has 5 atom stereocenters. The molecule has 1 aliphatic rings. The highest BCUT2D eigenvalue weighted by molar-refractivity contribution is 5.81. The van der Waals surface area contributed by atoms with Crippen LogP contribution in [-0.2, 0) is 14.3 Å². The van der Waals surface area contributed by atoms with Crippen molar-refractivity contribution in [1.29, 1.82) is 0 Å². The molecule has 16 heavy (non-hydrogen) atoms. The number of aliphatic hydroxyl groups is 4. The van der Waals surface area contributed by atoms with Gasteiger partial charge in [0.05, 0.1) is 0 Å². The number of rotatable bonds is 3. The molecule has 0 aromatic carbocycles. The van der Waals surface area contributed by atoms with Gasteiger partial charge in [-0.1, -0.05) is 6.58 Å². The Morgan fingerprint density at radius 3 is 2.44 bits per heavy atom. The van der Waals surface area contributed by atoms with Crippen molar-refractivity contribution in [3.05, 3.63) is 12.7 Å². The smallest absolute Gasteiger partial charge is 0.330 e. The van der Waals surface area contributed by atoms with E-state index < -0.39 is 36.7 Å². The van der Waals surface area contributed by atoms with Gasteiger partial charge in [-0.25, -0.2) is 4.79 Å². The fourth-order valence-corrected chi connectivity index (χ4v) is 1.29. The van der Waals surface area contributed by atoms with Crippen LogP contribution in [0.25, 0.3) is 0 Å². The van der Waals surface area contributed by atoms with E-state index in [-0.39, 0.29) is 6.61 Å². The summed E-state index contributed by atoms with van der Waals surface area (Å²) >= 11 is 0. The van der Waals surface area contributed by atoms with E-state index in [9.17, 15) is 15.0 Å². The molecule has 1 heterocycles. The molecule has 7 heteroatoms. The van der Waals surface area contributed by atoms with Crippen molar-refractivity contribution >= 4 is 5.97 Å². The van der Waals surface area contributed by atoms with Gasteiger partial charge in [-0.15, -0.1) is 0 Å². The average Bonchev–Trinajstić information content (AvgIpc) is 2.28. The summed E-state index contributed by atoms with van der Waals surface area (Å²) < 4.78 is 9.35. The lowest BCUT2D eigenvalue weighted by Gasteiger charge is -2.37. The third-order valence-corrected chi connectivity index (χ3v) is 2.24. The van der Waals surface area contributed by atoms with E-state index in [0.717, 1.165) is 6.08 Å². The molecule has 4 N–H and O–H groups in total. The molecule has 0 amide bonds. The molecule has 0 aromatic heterocycles. The van der Waals surface area contributed by atoms with Crippen molar-refractivity contribution in [3.63, 3.8) is 0 Å². The minimum atomic E-state index is -1.63. The summed E-state index contributed by atoms with van der Waals surface area (Å²) in [5.41, 5.74) is 0. The summed E-state index contributed by atoms with van der Waals surface area (Å²) in [6, 6.07) is 0. The van der Waals surface area contributed by atoms with Crippen molar-refractivity contribution < 1.29 is 34.7 Å². The molecule has 0 aliphatic carbocycles. The number of carbonyl (C=O) groups excluding carboxylic acids is 1. The van der Waals surface area contributed by atoms with Crippen LogP contribution in [0.1, 0.15) is 0 Å². The largest absolute Gasteiger partial charge is 0.460 e. The van der Waals surface area contributed by atoms with Crippen molar-refractivity contribution in [2.24, 2.45) is 0 Å². The van der Waals surface area contributed by atoms with E-state index in [1.807, 2.05) is 0 Å². The summed E-state index contributed by atoms with van der Waals surface area (Å²) in [5.74, 6) is -0.717. The first kappa shape index (κ1) is 13.1. The monoisotopic (exact) mass is 234 g/mol. The zero-order valence-electron chi connectivity index (χ0n) is 8.39. The highest BCUT2D eigenvalue weighted by Crippen LogP contribution is 2.19. The summed E-state index contributed by atoms with van der Waals surface area (Å²) in [5, 5.41) is 37.1. The maximum atomic E-state index is 10.7. The Bertz CT molecular complexity index is 267. The van der Waals surface area contributed by atoms with Gasteiger partial charge < -0.3 is 29.9 Å². The Hall–Kier alpha value is -0.990. The lowest BCUT2D eigenvalue weighted by atomic mass is 9.99. The van der Waals surface area contributed by atoms with Crippen LogP contribution in [0.5, 0.6) is 0 Å². The number of carbonyl (C=O) groups is 1. The summed E-state index contributed by atoms with van der Waals surface area (Å²) in [4.78, 5) is 10.7. The average molecular weight is 234 g/mol. The Kier molecular flexibility index (Phi) is 4.39. The summed E-state index contributed by atoms with van der Waals surface area (Å²) in [6.07, 6.45) is -6.41. The predicted octanol–water partition coefficient (Wildman–Crippen LogP) is -2.48. The lowest BCUT2D eigenvalue weighted by molar-refractivity contribution is -0.287. The Morgan fingerprint density at radius 1 is 1.25 bits per heavy atom. The highest BCUT2D eigenvalue weighted by atomic mass is 16.6. The molecule has 92 valence electrons. The number of aliphatic hydroxyl groups excluding tert-OH is 4. The fraction of sp³-hybridized carbons (Fsp3) is 0.667. The van der Waals surface area contributed by atoms with Gasteiger partial charge in [0.15, 0.2) is 6.29 Å². The molecular weight excluding hydrogens is 220 g/mol. The molecule has 0 bridgehead atoms. The molecule has 1 aliphatic heterocycles. The number of esters is 1. The molecule has 7 nitrogen and oxygen atoms in total. The minimum Gasteiger partial charge on any atom is -0.460 e. The SMILES string of the molecule is C=CC(=O)OC[C@H]1OC(O)[C@H](O)[C@@H](O)[C@@H]1O. The van der Waals surface area contributed by atoms with Crippen LogP contribution >= 0.6 is 0 Å². The summed E-state index contributed by atoms with van der Waals surface area (Å²) in [7, 11) is 0. The van der Waals surface area contributed by atoms with Gasteiger partial charge >= 0.3 is 5.97 Å². The number of hydrogen-bond donors (Lipinski definition) is 4. The van der Waals surface area contributed by atoms with Gasteiger partial charge in [-0.2, -0.15) is 0 Å². The molecule has 0 radical (unpaired) electrons. The molecule has 1 unspecified atom stereocenters. The maximum Gasteiger partial charge on any atom is 0.330 e. The van der Waals surface area contributed by atoms with Crippen molar-refractivity contribution in [2.45, 2.75) is 30.7 Å². The molecule has 0 spiro atoms. The molecule has 1 saturated heterocycles. The highest BCUT2D eigenvalue weighted by Gasteiger charge is 2.43. The van der Waals surface area contributed by atoms with Gasteiger partial charge in [-0.3, -0.25) is 0 Å². The van der Waals surface area contributed by atoms with E-state index in [2.05, 4.69) is 11.3 Å². The quantitative estimate of drug-likeness (QED) is 0.315. The first-order valence-electron chi connectivity index (χ1n) is 4.64. The van der Waals surface area contributed by atoms with Crippen molar-refractivity contribution in [3.8, 4) is 0 Å². The molecule has 0 saturated carbocycles. The first-order chi connectivity index (χ1) is 7.47. The van der Waals surface area contributed by atoms with E-state index in [1.54, 1.807) is 0 Å². The zero-order valence-corrected chi connectivity index (χ0v) is 8.39. The van der Waals surface area contributed by atoms with E-state index >= 15 is 0 Å². The van der Waals surface area contributed by atoms with Gasteiger partial charge in [0.2, 0.25) is 0 Å². The molecular formula is C9H14O7. The normalized spacial score (nSPS) is 39.1. The Labute approximate surface area is 91.5 Å². The second-order valence-corrected chi connectivity index (χ2v) is 3.37. The van der Waals surface area contributed by atoms with Gasteiger partial charge in [-0.05, 0) is 0 Å². The standard InChI is InChI=1S/C9H14O7/c1-2-5(10)15-3-4-6(11)7(12)8(13)9(14)16-4/h2,4,6-9,11-14H,1,3H2/t4-,6-,7+,8-,9?/m1/s1. The third-order valence-electron chi connectivity index (χ3n) is 2.24. The van der Waals surface area contributed by atoms with Crippen molar-refractivity contribution in [2.75, 3.05) is 6.61 Å². The zero-order chi connectivity index (χ0) is 12.3. The predicted molar refractivity (Wildman–Crippen MR) is 50.1 cm³/mol. The second-order valence-electron chi connectivity index (χ2n) is 3.37. The van der Waals surface area contributed by atoms with Crippen LogP contribution in [0, 0.1) is 0 Å². The van der Waals surface area contributed by atoms with E-state index in [4.69, 9.17) is 14.9 Å². The van der Waals surface area contributed by atoms with Gasteiger partial charge in [0.1, 0.15) is 31.0 Å².